The van der Waals surface area contributed by atoms with E-state index in [4.69, 9.17) is 0 Å². The summed E-state index contributed by atoms with van der Waals surface area (Å²) < 4.78 is 0. The van der Waals surface area contributed by atoms with E-state index in [1.54, 1.807) is 6.20 Å². The summed E-state index contributed by atoms with van der Waals surface area (Å²) >= 11 is 0. The highest BCUT2D eigenvalue weighted by Gasteiger charge is 2.60. The fourth-order valence-electron chi connectivity index (χ4n) is 6.71. The number of benzene rings is 1. The molecule has 0 spiro atoms. The highest BCUT2D eigenvalue weighted by atomic mass is 16.2. The van der Waals surface area contributed by atoms with Crippen molar-refractivity contribution < 1.29 is 4.79 Å². The van der Waals surface area contributed by atoms with Crippen molar-refractivity contribution in [3.63, 3.8) is 0 Å². The van der Waals surface area contributed by atoms with E-state index < -0.39 is 0 Å². The van der Waals surface area contributed by atoms with E-state index in [1.807, 2.05) is 12.3 Å². The largest absolute Gasteiger partial charge is 0.355 e. The van der Waals surface area contributed by atoms with Crippen LogP contribution in [0.15, 0.2) is 54.9 Å². The lowest BCUT2D eigenvalue weighted by Gasteiger charge is -2.61. The molecule has 1 aromatic heterocycles. The van der Waals surface area contributed by atoms with Gasteiger partial charge in [-0.05, 0) is 79.4 Å². The van der Waals surface area contributed by atoms with Crippen LogP contribution in [0.1, 0.15) is 49.7 Å². The van der Waals surface area contributed by atoms with Crippen molar-refractivity contribution in [1.29, 1.82) is 0 Å². The molecule has 2 atom stereocenters. The summed E-state index contributed by atoms with van der Waals surface area (Å²) in [6.45, 7) is 0.708. The Bertz CT molecular complexity index is 803. The van der Waals surface area contributed by atoms with Crippen LogP contribution in [0.5, 0.6) is 0 Å². The van der Waals surface area contributed by atoms with Gasteiger partial charge in [-0.15, -0.1) is 0 Å². The van der Waals surface area contributed by atoms with Crippen LogP contribution >= 0.6 is 0 Å². The van der Waals surface area contributed by atoms with E-state index >= 15 is 0 Å². The molecule has 2 aromatic rings. The van der Waals surface area contributed by atoms with Crippen molar-refractivity contribution in [2.24, 2.45) is 17.3 Å². The fraction of sp³-hybridized carbons (Fsp3) is 0.500. The molecule has 6 rings (SSSR count). The number of hydrogen-bond donors (Lipinski definition) is 1. The maximum absolute atomic E-state index is 13.3. The Kier molecular flexibility index (Phi) is 4.07. The number of aromatic nitrogens is 1. The van der Waals surface area contributed by atoms with Gasteiger partial charge in [-0.3, -0.25) is 9.78 Å². The average Bonchev–Trinajstić information content (AvgIpc) is 2.68. The Morgan fingerprint density at radius 3 is 2.52 bits per heavy atom. The molecule has 1 amide bonds. The van der Waals surface area contributed by atoms with Crippen LogP contribution in [0.2, 0.25) is 0 Å². The first-order valence-corrected chi connectivity index (χ1v) is 10.4. The maximum Gasteiger partial charge on any atom is 0.226 e. The summed E-state index contributed by atoms with van der Waals surface area (Å²) in [5.74, 6) is 1.74. The molecule has 0 saturated heterocycles. The van der Waals surface area contributed by atoms with Crippen molar-refractivity contribution in [2.45, 2.75) is 50.4 Å². The zero-order chi connectivity index (χ0) is 18.3. The quantitative estimate of drug-likeness (QED) is 0.865. The molecule has 0 aliphatic heterocycles. The molecule has 0 radical (unpaired) electrons. The third-order valence-electron chi connectivity index (χ3n) is 7.35. The smallest absolute Gasteiger partial charge is 0.226 e. The number of rotatable bonds is 5. The Morgan fingerprint density at radius 2 is 1.81 bits per heavy atom. The van der Waals surface area contributed by atoms with Gasteiger partial charge in [0.15, 0.2) is 0 Å². The Hall–Kier alpha value is -2.16. The number of carbonyl (C=O) groups excluding carboxylic acids is 1. The Labute approximate surface area is 161 Å². The van der Waals surface area contributed by atoms with E-state index in [2.05, 4.69) is 46.7 Å². The van der Waals surface area contributed by atoms with Gasteiger partial charge in [0.2, 0.25) is 5.91 Å². The molecule has 1 heterocycles. The van der Waals surface area contributed by atoms with Crippen LogP contribution in [0.4, 0.5) is 0 Å². The average molecular weight is 361 g/mol. The molecule has 4 aliphatic rings. The van der Waals surface area contributed by atoms with Gasteiger partial charge in [-0.2, -0.15) is 0 Å². The molecular formula is C24H28N2O. The van der Waals surface area contributed by atoms with Crippen molar-refractivity contribution >= 4 is 5.91 Å². The first kappa shape index (κ1) is 17.0. The molecule has 1 N–H and O–H groups in total. The van der Waals surface area contributed by atoms with E-state index in [0.717, 1.165) is 37.5 Å². The maximum atomic E-state index is 13.3. The van der Waals surface area contributed by atoms with Gasteiger partial charge in [0.1, 0.15) is 0 Å². The topological polar surface area (TPSA) is 42.0 Å². The summed E-state index contributed by atoms with van der Waals surface area (Å²) in [4.78, 5) is 17.5. The normalized spacial score (nSPS) is 33.8. The second-order valence-electron chi connectivity index (χ2n) is 9.25. The lowest BCUT2D eigenvalue weighted by molar-refractivity contribution is -0.149. The van der Waals surface area contributed by atoms with Crippen molar-refractivity contribution in [3.8, 4) is 0 Å². The van der Waals surface area contributed by atoms with Crippen LogP contribution in [0.25, 0.3) is 0 Å². The molecule has 1 aromatic carbocycles. The standard InChI is InChI=1S/C24H28N2O/c27-22(26-10-8-18-5-4-9-25-16-18)24-14-19-11-20(15-24)13-23(12-19,17-24)21-6-2-1-3-7-21/h1-7,9,16,19-20H,8,10-15,17H2,(H,26,27). The van der Waals surface area contributed by atoms with Gasteiger partial charge in [0.05, 0.1) is 5.41 Å². The lowest BCUT2D eigenvalue weighted by atomic mass is 9.42. The van der Waals surface area contributed by atoms with Crippen molar-refractivity contribution in [2.75, 3.05) is 6.54 Å². The molecule has 4 saturated carbocycles. The van der Waals surface area contributed by atoms with Gasteiger partial charge in [-0.1, -0.05) is 36.4 Å². The van der Waals surface area contributed by atoms with Gasteiger partial charge < -0.3 is 5.32 Å². The SMILES string of the molecule is O=C(NCCc1cccnc1)C12CC3CC(C1)CC(c1ccccc1)(C3)C2. The van der Waals surface area contributed by atoms with Gasteiger partial charge >= 0.3 is 0 Å². The van der Waals surface area contributed by atoms with Crippen LogP contribution in [0, 0.1) is 17.3 Å². The minimum Gasteiger partial charge on any atom is -0.355 e. The Morgan fingerprint density at radius 1 is 1.04 bits per heavy atom. The number of amides is 1. The highest BCUT2D eigenvalue weighted by molar-refractivity contribution is 5.83. The fourth-order valence-corrected chi connectivity index (χ4v) is 6.71. The summed E-state index contributed by atoms with van der Waals surface area (Å²) in [5.41, 5.74) is 2.73. The summed E-state index contributed by atoms with van der Waals surface area (Å²) in [5, 5.41) is 3.29. The van der Waals surface area contributed by atoms with Crippen LogP contribution in [0.3, 0.4) is 0 Å². The number of nitrogens with zero attached hydrogens (tertiary/aromatic N) is 1. The zero-order valence-electron chi connectivity index (χ0n) is 15.9. The Balaban J connectivity index is 1.34. The molecule has 4 bridgehead atoms. The van der Waals surface area contributed by atoms with Crippen molar-refractivity contribution in [3.05, 3.63) is 66.0 Å². The number of carbonyl (C=O) groups is 1. The minimum atomic E-state index is -0.144. The molecule has 140 valence electrons. The minimum absolute atomic E-state index is 0.144. The highest BCUT2D eigenvalue weighted by Crippen LogP contribution is 2.65. The van der Waals surface area contributed by atoms with E-state index in [1.165, 1.54) is 30.4 Å². The monoisotopic (exact) mass is 360 g/mol. The molecule has 3 nitrogen and oxygen atoms in total. The molecule has 4 aliphatic carbocycles. The van der Waals surface area contributed by atoms with E-state index in [9.17, 15) is 4.79 Å². The predicted octanol–water partition coefficient (Wildman–Crippen LogP) is 4.28. The zero-order valence-corrected chi connectivity index (χ0v) is 15.9. The van der Waals surface area contributed by atoms with Crippen LogP contribution in [-0.2, 0) is 16.6 Å². The lowest BCUT2D eigenvalue weighted by Crippen LogP contribution is -2.59. The number of pyridine rings is 1. The van der Waals surface area contributed by atoms with Crippen LogP contribution in [-0.4, -0.2) is 17.4 Å². The third kappa shape index (κ3) is 2.97. The summed E-state index contributed by atoms with van der Waals surface area (Å²) in [6, 6.07) is 15.0. The number of hydrogen-bond acceptors (Lipinski definition) is 2. The summed E-state index contributed by atoms with van der Waals surface area (Å²) in [6.07, 6.45) is 11.6. The predicted molar refractivity (Wildman–Crippen MR) is 106 cm³/mol. The summed E-state index contributed by atoms with van der Waals surface area (Å²) in [7, 11) is 0. The molecule has 4 fully saturated rings. The molecule has 27 heavy (non-hydrogen) atoms. The van der Waals surface area contributed by atoms with Gasteiger partial charge in [-0.25, -0.2) is 0 Å². The van der Waals surface area contributed by atoms with Crippen LogP contribution < -0.4 is 5.32 Å². The second kappa shape index (κ2) is 6.47. The molecule has 2 unspecified atom stereocenters. The molecule has 3 heteroatoms. The van der Waals surface area contributed by atoms with Gasteiger partial charge in [0, 0.05) is 18.9 Å². The first-order chi connectivity index (χ1) is 13.2. The van der Waals surface area contributed by atoms with Gasteiger partial charge in [0.25, 0.3) is 0 Å². The van der Waals surface area contributed by atoms with E-state index in [-0.39, 0.29) is 10.8 Å². The van der Waals surface area contributed by atoms with E-state index in [0.29, 0.717) is 12.5 Å². The second-order valence-corrected chi connectivity index (χ2v) is 9.25. The molecular weight excluding hydrogens is 332 g/mol. The third-order valence-corrected chi connectivity index (χ3v) is 7.35. The van der Waals surface area contributed by atoms with Crippen molar-refractivity contribution in [1.82, 2.24) is 10.3 Å². The number of nitrogens with one attached hydrogen (secondary N) is 1. The first-order valence-electron chi connectivity index (χ1n) is 10.4.